The Kier molecular flexibility index (Phi) is 9.84. The molecule has 6 nitrogen and oxygen atoms in total. The highest BCUT2D eigenvalue weighted by molar-refractivity contribution is 6.05. The normalized spacial score (nSPS) is 17.9. The molecule has 0 amide bonds. The smallest absolute Gasteiger partial charge is 0.141 e. The van der Waals surface area contributed by atoms with Gasteiger partial charge >= 0.3 is 0 Å². The van der Waals surface area contributed by atoms with Crippen molar-refractivity contribution >= 4 is 17.3 Å². The lowest BCUT2D eigenvalue weighted by Gasteiger charge is -2.35. The third-order valence-electron chi connectivity index (χ3n) is 7.44. The van der Waals surface area contributed by atoms with Gasteiger partial charge in [0.25, 0.3) is 0 Å². The van der Waals surface area contributed by atoms with Gasteiger partial charge in [-0.2, -0.15) is 0 Å². The Labute approximate surface area is 244 Å². The molecule has 1 aliphatic carbocycles. The minimum absolute atomic E-state index is 0.0732. The summed E-state index contributed by atoms with van der Waals surface area (Å²) in [6.07, 6.45) is 9.81. The second-order valence-electron chi connectivity index (χ2n) is 10.2. The van der Waals surface area contributed by atoms with Crippen LogP contribution in [0.25, 0.3) is 11.3 Å². The molecule has 3 aromatic rings. The molecule has 41 heavy (non-hydrogen) atoms. The molecule has 1 atom stereocenters. The van der Waals surface area contributed by atoms with Crippen LogP contribution in [0.1, 0.15) is 54.6 Å². The number of aromatic nitrogens is 2. The monoisotopic (exact) mass is 552 g/mol. The number of anilines is 1. The van der Waals surface area contributed by atoms with Crippen LogP contribution < -0.4 is 5.32 Å². The number of pyridine rings is 2. The average molecular weight is 553 g/mol. The van der Waals surface area contributed by atoms with E-state index in [1.807, 2.05) is 38.4 Å². The number of aryl methyl sites for hydroxylation is 1. The maximum atomic E-state index is 14.8. The minimum Gasteiger partial charge on any atom is -0.353 e. The van der Waals surface area contributed by atoms with Gasteiger partial charge in [0, 0.05) is 50.3 Å². The van der Waals surface area contributed by atoms with Crippen molar-refractivity contribution in [2.24, 2.45) is 4.99 Å². The third kappa shape index (κ3) is 6.30. The summed E-state index contributed by atoms with van der Waals surface area (Å²) in [5.74, 6) is 1.45. The maximum Gasteiger partial charge on any atom is 0.141 e. The number of fused-ring (bicyclic) bond motifs is 5. The lowest BCUT2D eigenvalue weighted by atomic mass is 10.0. The number of rotatable bonds is 1. The van der Waals surface area contributed by atoms with Gasteiger partial charge in [-0.15, -0.1) is 0 Å². The quantitative estimate of drug-likeness (QED) is 0.252. The van der Waals surface area contributed by atoms with Crippen LogP contribution >= 0.6 is 0 Å². The summed E-state index contributed by atoms with van der Waals surface area (Å²) >= 11 is 0. The third-order valence-corrected chi connectivity index (χ3v) is 7.44. The van der Waals surface area contributed by atoms with Gasteiger partial charge in [-0.05, 0) is 55.1 Å². The van der Waals surface area contributed by atoms with Crippen molar-refractivity contribution in [3.8, 4) is 11.3 Å². The summed E-state index contributed by atoms with van der Waals surface area (Å²) in [6, 6.07) is 9.46. The fourth-order valence-electron chi connectivity index (χ4n) is 5.21. The largest absolute Gasteiger partial charge is 0.353 e. The summed E-state index contributed by atoms with van der Waals surface area (Å²) in [4.78, 5) is 19.7. The van der Waals surface area contributed by atoms with Crippen LogP contribution in [-0.4, -0.2) is 58.8 Å². The van der Waals surface area contributed by atoms with Gasteiger partial charge in [-0.3, -0.25) is 4.98 Å². The Morgan fingerprint density at radius 3 is 2.49 bits per heavy atom. The second-order valence-corrected chi connectivity index (χ2v) is 10.2. The van der Waals surface area contributed by atoms with E-state index in [0.29, 0.717) is 17.8 Å². The van der Waals surface area contributed by atoms with Crippen LogP contribution in [0.2, 0.25) is 0 Å². The van der Waals surface area contributed by atoms with E-state index in [0.717, 1.165) is 71.3 Å². The average Bonchev–Trinajstić information content (AvgIpc) is 3.36. The van der Waals surface area contributed by atoms with E-state index in [4.69, 9.17) is 15.0 Å². The van der Waals surface area contributed by atoms with Gasteiger partial charge in [0.15, 0.2) is 0 Å². The van der Waals surface area contributed by atoms with E-state index in [1.165, 1.54) is 6.07 Å². The number of nitrogens with zero attached hydrogens (tertiary/aromatic N) is 5. The first-order valence-electron chi connectivity index (χ1n) is 14.4. The van der Waals surface area contributed by atoms with Gasteiger partial charge in [0.1, 0.15) is 17.5 Å². The molecule has 3 aliphatic rings. The van der Waals surface area contributed by atoms with Crippen LogP contribution in [0.5, 0.6) is 0 Å². The molecular formula is C34H41FN6. The molecule has 0 radical (unpaired) electrons. The van der Waals surface area contributed by atoms with Gasteiger partial charge < -0.3 is 15.1 Å². The van der Waals surface area contributed by atoms with Gasteiger partial charge in [0.05, 0.1) is 22.6 Å². The number of piperazine rings is 1. The van der Waals surface area contributed by atoms with Crippen molar-refractivity contribution in [1.29, 1.82) is 0 Å². The number of likely N-dealkylation sites (N-methyl/N-ethyl adjacent to an activating group) is 1. The van der Waals surface area contributed by atoms with Crippen LogP contribution in [0, 0.1) is 12.7 Å². The fraction of sp³-hybridized carbons (Fsp3) is 0.324. The number of hydrogen-bond donors (Lipinski definition) is 1. The number of hydrogen-bond acceptors (Lipinski definition) is 6. The summed E-state index contributed by atoms with van der Waals surface area (Å²) < 4.78 is 14.8. The van der Waals surface area contributed by atoms with Gasteiger partial charge in [-0.25, -0.2) is 14.4 Å². The lowest BCUT2D eigenvalue weighted by molar-refractivity contribution is 0.216. The molecule has 0 saturated carbocycles. The number of benzene rings is 1. The SMILES string of the molecule is C=CC=C.CC.Cc1ccnc2c1N=C(N1CCN(C)CC1)c1cc3c(nc1N/C=C\C2C)-c1c(F)cccc1C3. The van der Waals surface area contributed by atoms with Crippen LogP contribution in [0.3, 0.4) is 0 Å². The van der Waals surface area contributed by atoms with Crippen LogP contribution in [0.15, 0.2) is 79.1 Å². The molecule has 4 heterocycles. The lowest BCUT2D eigenvalue weighted by Crippen LogP contribution is -2.47. The summed E-state index contributed by atoms with van der Waals surface area (Å²) in [5.41, 5.74) is 7.26. The molecule has 1 unspecified atom stereocenters. The second kappa shape index (κ2) is 13.5. The first kappa shape index (κ1) is 29.9. The highest BCUT2D eigenvalue weighted by Gasteiger charge is 2.29. The molecule has 1 N–H and O–H groups in total. The molecule has 0 spiro atoms. The predicted octanol–water partition coefficient (Wildman–Crippen LogP) is 7.25. The van der Waals surface area contributed by atoms with E-state index in [9.17, 15) is 4.39 Å². The Hall–Kier alpha value is -4.10. The van der Waals surface area contributed by atoms with E-state index in [2.05, 4.69) is 61.3 Å². The number of nitrogens with one attached hydrogen (secondary N) is 1. The molecule has 1 fully saturated rings. The standard InChI is InChI=1S/C28H29FN6.C4H6.C2H6/c1-17-8-10-31-27-21(16-20-15-19-5-4-6-22(29)23(19)26(20)32-27)28(35-13-11-34(3)12-14-35)33-25-18(2)7-9-30-24(17)25;1-3-4-2;1-2/h4-10,16-17H,11-15H2,1-3H3,(H,31,32);3-4H,1-2H2;1-2H3/b10-8-,33-28?;;. The van der Waals surface area contributed by atoms with E-state index in [1.54, 1.807) is 18.2 Å². The Balaban J connectivity index is 0.000000596. The van der Waals surface area contributed by atoms with Crippen molar-refractivity contribution in [3.63, 3.8) is 0 Å². The molecular weight excluding hydrogens is 511 g/mol. The topological polar surface area (TPSA) is 56.7 Å². The maximum absolute atomic E-state index is 14.8. The summed E-state index contributed by atoms with van der Waals surface area (Å²) in [6.45, 7) is 18.6. The Morgan fingerprint density at radius 2 is 1.78 bits per heavy atom. The zero-order chi connectivity index (χ0) is 29.5. The molecule has 2 aromatic heterocycles. The molecule has 2 aliphatic heterocycles. The van der Waals surface area contributed by atoms with E-state index >= 15 is 0 Å². The summed E-state index contributed by atoms with van der Waals surface area (Å²) in [7, 11) is 2.15. The first-order chi connectivity index (χ1) is 19.9. The molecule has 1 aromatic carbocycles. The highest BCUT2D eigenvalue weighted by atomic mass is 19.1. The van der Waals surface area contributed by atoms with Crippen LogP contribution in [0.4, 0.5) is 15.9 Å². The molecule has 214 valence electrons. The van der Waals surface area contributed by atoms with Crippen molar-refractivity contribution in [3.05, 3.63) is 108 Å². The Morgan fingerprint density at radius 1 is 1.05 bits per heavy atom. The molecule has 7 heteroatoms. The van der Waals surface area contributed by atoms with Crippen LogP contribution in [-0.2, 0) is 6.42 Å². The molecule has 6 rings (SSSR count). The first-order valence-corrected chi connectivity index (χ1v) is 14.4. The number of amidine groups is 1. The van der Waals surface area contributed by atoms with Crippen molar-refractivity contribution in [2.75, 3.05) is 38.5 Å². The molecule has 1 saturated heterocycles. The fourth-order valence-corrected chi connectivity index (χ4v) is 5.21. The van der Waals surface area contributed by atoms with E-state index in [-0.39, 0.29) is 11.7 Å². The van der Waals surface area contributed by atoms with Gasteiger partial charge in [-0.1, -0.05) is 64.3 Å². The molecule has 0 bridgehead atoms. The zero-order valence-corrected chi connectivity index (χ0v) is 24.9. The van der Waals surface area contributed by atoms with E-state index < -0.39 is 0 Å². The highest BCUT2D eigenvalue weighted by Crippen LogP contribution is 2.40. The van der Waals surface area contributed by atoms with Gasteiger partial charge in [0.2, 0.25) is 0 Å². The summed E-state index contributed by atoms with van der Waals surface area (Å²) in [5, 5.41) is 3.41. The predicted molar refractivity (Wildman–Crippen MR) is 170 cm³/mol. The van der Waals surface area contributed by atoms with Crippen molar-refractivity contribution in [1.82, 2.24) is 19.8 Å². The number of halogens is 1. The van der Waals surface area contributed by atoms with Crippen molar-refractivity contribution < 1.29 is 4.39 Å². The van der Waals surface area contributed by atoms with Crippen molar-refractivity contribution in [2.45, 2.75) is 40.0 Å². The Bertz CT molecular complexity index is 1460. The minimum atomic E-state index is -0.221. The zero-order valence-electron chi connectivity index (χ0n) is 24.9. The number of aliphatic imine (C=N–C) groups is 1. The number of allylic oxidation sites excluding steroid dienone is 3.